The molecular weight excluding hydrogens is 154 g/mol. The van der Waals surface area contributed by atoms with E-state index in [9.17, 15) is 0 Å². The summed E-state index contributed by atoms with van der Waals surface area (Å²) < 4.78 is 1.59. The molecule has 0 unspecified atom stereocenters. The highest BCUT2D eigenvalue weighted by Crippen LogP contribution is 2.03. The molecule has 5 heteroatoms. The van der Waals surface area contributed by atoms with Crippen LogP contribution >= 0.6 is 0 Å². The molecule has 0 atom stereocenters. The first-order valence-electron chi connectivity index (χ1n) is 3.52. The van der Waals surface area contributed by atoms with Gasteiger partial charge in [0.15, 0.2) is 5.82 Å². The van der Waals surface area contributed by atoms with Crippen molar-refractivity contribution in [1.82, 2.24) is 25.0 Å². The molecule has 5 nitrogen and oxygen atoms in total. The third-order valence-electron chi connectivity index (χ3n) is 1.49. The van der Waals surface area contributed by atoms with Crippen molar-refractivity contribution in [2.45, 2.75) is 6.92 Å². The third-order valence-corrected chi connectivity index (χ3v) is 1.49. The maximum absolute atomic E-state index is 4.12. The van der Waals surface area contributed by atoms with Crippen molar-refractivity contribution in [3.05, 3.63) is 30.5 Å². The van der Waals surface area contributed by atoms with Crippen LogP contribution in [-0.4, -0.2) is 25.0 Å². The lowest BCUT2D eigenvalue weighted by atomic mass is 10.4. The molecule has 0 spiro atoms. The molecule has 0 N–H and O–H groups in total. The van der Waals surface area contributed by atoms with Gasteiger partial charge in [0, 0.05) is 12.4 Å². The van der Waals surface area contributed by atoms with Gasteiger partial charge in [-0.25, -0.2) is 9.67 Å². The lowest BCUT2D eigenvalue weighted by Gasteiger charge is -1.99. The molecule has 0 saturated carbocycles. The Balaban J connectivity index is 2.55. The van der Waals surface area contributed by atoms with Crippen LogP contribution in [0.4, 0.5) is 0 Å². The lowest BCUT2D eigenvalue weighted by Crippen LogP contribution is -2.02. The Morgan fingerprint density at radius 2 is 2.00 bits per heavy atom. The summed E-state index contributed by atoms with van der Waals surface area (Å²) in [6.07, 6.45) is 6.62. The first kappa shape index (κ1) is 6.90. The van der Waals surface area contributed by atoms with Crippen LogP contribution in [-0.2, 0) is 0 Å². The molecule has 0 amide bonds. The average molecular weight is 161 g/mol. The van der Waals surface area contributed by atoms with E-state index in [0.717, 1.165) is 11.5 Å². The van der Waals surface area contributed by atoms with Gasteiger partial charge in [0.2, 0.25) is 0 Å². The van der Waals surface area contributed by atoms with Crippen molar-refractivity contribution in [2.24, 2.45) is 0 Å². The van der Waals surface area contributed by atoms with E-state index in [-0.39, 0.29) is 0 Å². The zero-order valence-corrected chi connectivity index (χ0v) is 6.55. The van der Waals surface area contributed by atoms with Gasteiger partial charge in [0.25, 0.3) is 0 Å². The summed E-state index contributed by atoms with van der Waals surface area (Å²) in [5, 5.41) is 7.50. The average Bonchev–Trinajstić information content (AvgIpc) is 2.57. The fourth-order valence-electron chi connectivity index (χ4n) is 0.946. The van der Waals surface area contributed by atoms with Gasteiger partial charge in [-0.2, -0.15) is 0 Å². The van der Waals surface area contributed by atoms with E-state index < -0.39 is 0 Å². The minimum absolute atomic E-state index is 0.718. The van der Waals surface area contributed by atoms with E-state index in [0.29, 0.717) is 0 Å². The third kappa shape index (κ3) is 1.05. The number of nitrogens with zero attached hydrogens (tertiary/aromatic N) is 5. The fourth-order valence-corrected chi connectivity index (χ4v) is 0.946. The first-order chi connectivity index (χ1) is 5.88. The van der Waals surface area contributed by atoms with Crippen molar-refractivity contribution in [3.63, 3.8) is 0 Å². The zero-order chi connectivity index (χ0) is 8.39. The number of aromatic nitrogens is 5. The van der Waals surface area contributed by atoms with E-state index in [1.807, 2.05) is 6.92 Å². The van der Waals surface area contributed by atoms with Crippen molar-refractivity contribution >= 4 is 0 Å². The van der Waals surface area contributed by atoms with Crippen LogP contribution < -0.4 is 0 Å². The zero-order valence-electron chi connectivity index (χ0n) is 6.55. The van der Waals surface area contributed by atoms with Gasteiger partial charge in [-0.05, 0) is 6.92 Å². The fraction of sp³-hybridized carbons (Fsp3) is 0.143. The molecule has 12 heavy (non-hydrogen) atoms. The Labute approximate surface area is 69.1 Å². The van der Waals surface area contributed by atoms with Crippen LogP contribution in [0.25, 0.3) is 5.82 Å². The van der Waals surface area contributed by atoms with Crippen molar-refractivity contribution < 1.29 is 0 Å². The van der Waals surface area contributed by atoms with Crippen LogP contribution in [0, 0.1) is 6.92 Å². The summed E-state index contributed by atoms with van der Waals surface area (Å²) in [5.41, 5.74) is 0.836. The molecular formula is C7H7N5. The highest BCUT2D eigenvalue weighted by molar-refractivity contribution is 5.24. The van der Waals surface area contributed by atoms with E-state index in [1.165, 1.54) is 0 Å². The molecule has 0 aromatic carbocycles. The van der Waals surface area contributed by atoms with E-state index in [4.69, 9.17) is 0 Å². The summed E-state index contributed by atoms with van der Waals surface area (Å²) in [6.45, 7) is 1.88. The Hall–Kier alpha value is -1.78. The summed E-state index contributed by atoms with van der Waals surface area (Å²) in [6, 6.07) is 0. The van der Waals surface area contributed by atoms with Gasteiger partial charge >= 0.3 is 0 Å². The maximum atomic E-state index is 4.12. The molecule has 2 aromatic heterocycles. The monoisotopic (exact) mass is 161 g/mol. The molecule has 2 heterocycles. The second-order valence-electron chi connectivity index (χ2n) is 2.31. The number of aryl methyl sites for hydroxylation is 1. The quantitative estimate of drug-likeness (QED) is 0.606. The standard InChI is InChI=1S/C7H7N5/c1-6-7(9-3-2-8-6)12-5-4-10-11-12/h2-5H,1H3. The van der Waals surface area contributed by atoms with Crippen LogP contribution in [0.15, 0.2) is 24.8 Å². The molecule has 0 aliphatic rings. The van der Waals surface area contributed by atoms with Crippen LogP contribution in [0.1, 0.15) is 5.69 Å². The smallest absolute Gasteiger partial charge is 0.176 e. The van der Waals surface area contributed by atoms with Crippen LogP contribution in [0.2, 0.25) is 0 Å². The van der Waals surface area contributed by atoms with Crippen molar-refractivity contribution in [1.29, 1.82) is 0 Å². The molecule has 0 aliphatic carbocycles. The van der Waals surface area contributed by atoms with Gasteiger partial charge in [-0.3, -0.25) is 4.98 Å². The molecule has 2 rings (SSSR count). The topological polar surface area (TPSA) is 56.5 Å². The summed E-state index contributed by atoms with van der Waals surface area (Å²) >= 11 is 0. The molecule has 0 bridgehead atoms. The predicted molar refractivity (Wildman–Crippen MR) is 41.7 cm³/mol. The molecule has 0 radical (unpaired) electrons. The van der Waals surface area contributed by atoms with Crippen molar-refractivity contribution in [2.75, 3.05) is 0 Å². The molecule has 0 fully saturated rings. The Morgan fingerprint density at radius 3 is 2.67 bits per heavy atom. The van der Waals surface area contributed by atoms with Crippen LogP contribution in [0.5, 0.6) is 0 Å². The number of rotatable bonds is 1. The van der Waals surface area contributed by atoms with E-state index in [2.05, 4.69) is 20.3 Å². The summed E-state index contributed by atoms with van der Waals surface area (Å²) in [7, 11) is 0. The van der Waals surface area contributed by atoms with E-state index in [1.54, 1.807) is 29.5 Å². The SMILES string of the molecule is Cc1nccnc1-n1ccnn1. The second-order valence-corrected chi connectivity index (χ2v) is 2.31. The van der Waals surface area contributed by atoms with Gasteiger partial charge in [-0.15, -0.1) is 5.10 Å². The van der Waals surface area contributed by atoms with Crippen LogP contribution in [0.3, 0.4) is 0 Å². The largest absolute Gasteiger partial charge is 0.256 e. The summed E-state index contributed by atoms with van der Waals surface area (Å²) in [4.78, 5) is 8.20. The number of hydrogen-bond acceptors (Lipinski definition) is 4. The second kappa shape index (κ2) is 2.69. The molecule has 0 aliphatic heterocycles. The minimum Gasteiger partial charge on any atom is -0.256 e. The molecule has 2 aromatic rings. The summed E-state index contributed by atoms with van der Waals surface area (Å²) in [5.74, 6) is 0.718. The van der Waals surface area contributed by atoms with Crippen molar-refractivity contribution in [3.8, 4) is 5.82 Å². The molecule has 0 saturated heterocycles. The minimum atomic E-state index is 0.718. The lowest BCUT2D eigenvalue weighted by molar-refractivity contribution is 0.767. The van der Waals surface area contributed by atoms with Gasteiger partial charge in [0.05, 0.1) is 18.1 Å². The Morgan fingerprint density at radius 1 is 1.17 bits per heavy atom. The van der Waals surface area contributed by atoms with Gasteiger partial charge in [-0.1, -0.05) is 5.21 Å². The van der Waals surface area contributed by atoms with E-state index >= 15 is 0 Å². The molecule has 60 valence electrons. The maximum Gasteiger partial charge on any atom is 0.176 e. The van der Waals surface area contributed by atoms with Gasteiger partial charge in [0.1, 0.15) is 0 Å². The highest BCUT2D eigenvalue weighted by atomic mass is 15.4. The first-order valence-corrected chi connectivity index (χ1v) is 3.52. The Bertz CT molecular complexity index is 367. The predicted octanol–water partition coefficient (Wildman–Crippen LogP) is 0.366. The number of hydrogen-bond donors (Lipinski definition) is 0. The Kier molecular flexibility index (Phi) is 1.55. The highest BCUT2D eigenvalue weighted by Gasteiger charge is 2.01. The van der Waals surface area contributed by atoms with Gasteiger partial charge < -0.3 is 0 Å². The normalized spacial score (nSPS) is 10.1.